The lowest BCUT2D eigenvalue weighted by Crippen LogP contribution is -2.12. The minimum Gasteiger partial charge on any atom is -0.359 e. The van der Waals surface area contributed by atoms with Crippen LogP contribution < -0.4 is 5.32 Å². The molecule has 1 amide bonds. The predicted octanol–water partition coefficient (Wildman–Crippen LogP) is 4.47. The van der Waals surface area contributed by atoms with Crippen molar-refractivity contribution in [3.63, 3.8) is 0 Å². The molecular weight excluding hydrogens is 282 g/mol. The SMILES string of the molecule is Cc1ccc(C(=O)Nc2cc(C(C)(C)C)on2)cc1N=[N+]=[N-]. The summed E-state index contributed by atoms with van der Waals surface area (Å²) in [5.74, 6) is 0.686. The second-order valence-electron chi connectivity index (χ2n) is 5.97. The Morgan fingerprint density at radius 3 is 2.68 bits per heavy atom. The third-order valence-electron chi connectivity index (χ3n) is 3.11. The van der Waals surface area contributed by atoms with E-state index in [2.05, 4.69) is 20.5 Å². The molecule has 1 aromatic heterocycles. The summed E-state index contributed by atoms with van der Waals surface area (Å²) in [4.78, 5) is 15.0. The number of benzene rings is 1. The maximum Gasteiger partial charge on any atom is 0.256 e. The molecule has 0 bridgehead atoms. The van der Waals surface area contributed by atoms with E-state index in [1.54, 1.807) is 25.1 Å². The molecule has 1 N–H and O–H groups in total. The number of anilines is 1. The van der Waals surface area contributed by atoms with Crippen molar-refractivity contribution >= 4 is 17.4 Å². The van der Waals surface area contributed by atoms with Gasteiger partial charge in [-0.05, 0) is 30.2 Å². The van der Waals surface area contributed by atoms with E-state index < -0.39 is 0 Å². The number of nitrogens with one attached hydrogen (secondary N) is 1. The molecule has 0 aliphatic carbocycles. The minimum absolute atomic E-state index is 0.186. The monoisotopic (exact) mass is 299 g/mol. The number of hydrogen-bond acceptors (Lipinski definition) is 4. The number of nitrogens with zero attached hydrogens (tertiary/aromatic N) is 4. The van der Waals surface area contributed by atoms with Crippen LogP contribution >= 0.6 is 0 Å². The largest absolute Gasteiger partial charge is 0.359 e. The highest BCUT2D eigenvalue weighted by atomic mass is 16.5. The number of azide groups is 1. The molecule has 7 heteroatoms. The van der Waals surface area contributed by atoms with E-state index in [0.29, 0.717) is 22.8 Å². The second-order valence-corrected chi connectivity index (χ2v) is 5.97. The van der Waals surface area contributed by atoms with Crippen molar-refractivity contribution in [2.45, 2.75) is 33.1 Å². The number of carbonyl (C=O) groups is 1. The Morgan fingerprint density at radius 1 is 1.36 bits per heavy atom. The molecule has 0 fully saturated rings. The van der Waals surface area contributed by atoms with Crippen LogP contribution in [0.4, 0.5) is 11.5 Å². The van der Waals surface area contributed by atoms with Crippen LogP contribution in [0.3, 0.4) is 0 Å². The summed E-state index contributed by atoms with van der Waals surface area (Å²) in [7, 11) is 0. The number of amides is 1. The second kappa shape index (κ2) is 5.91. The van der Waals surface area contributed by atoms with Crippen molar-refractivity contribution in [3.05, 3.63) is 51.6 Å². The first-order valence-corrected chi connectivity index (χ1v) is 6.75. The van der Waals surface area contributed by atoms with E-state index in [9.17, 15) is 4.79 Å². The molecule has 0 saturated heterocycles. The lowest BCUT2D eigenvalue weighted by molar-refractivity contribution is 0.102. The standard InChI is InChI=1S/C15H17N5O2/c1-9-5-6-10(7-11(9)18-20-16)14(21)17-13-8-12(22-19-13)15(2,3)4/h5-8H,1-4H3,(H,17,19,21). The van der Waals surface area contributed by atoms with Crippen LogP contribution in [-0.4, -0.2) is 11.1 Å². The Kier molecular flexibility index (Phi) is 4.19. The maximum absolute atomic E-state index is 12.2. The van der Waals surface area contributed by atoms with Crippen molar-refractivity contribution in [1.82, 2.24) is 5.16 Å². The van der Waals surface area contributed by atoms with Crippen LogP contribution in [0, 0.1) is 6.92 Å². The van der Waals surface area contributed by atoms with Crippen LogP contribution in [0.1, 0.15) is 42.5 Å². The Hall–Kier alpha value is -2.79. The number of hydrogen-bond donors (Lipinski definition) is 1. The first kappa shape index (κ1) is 15.6. The van der Waals surface area contributed by atoms with E-state index >= 15 is 0 Å². The molecule has 114 valence electrons. The third kappa shape index (κ3) is 3.45. The number of carbonyl (C=O) groups excluding carboxylic acids is 1. The van der Waals surface area contributed by atoms with Crippen LogP contribution in [0.5, 0.6) is 0 Å². The van der Waals surface area contributed by atoms with E-state index in [1.165, 1.54) is 6.07 Å². The third-order valence-corrected chi connectivity index (χ3v) is 3.11. The van der Waals surface area contributed by atoms with E-state index in [1.807, 2.05) is 20.8 Å². The average molecular weight is 299 g/mol. The lowest BCUT2D eigenvalue weighted by Gasteiger charge is -2.12. The normalized spacial score (nSPS) is 10.9. The highest BCUT2D eigenvalue weighted by molar-refractivity contribution is 6.04. The van der Waals surface area contributed by atoms with Gasteiger partial charge in [0.2, 0.25) is 0 Å². The molecule has 22 heavy (non-hydrogen) atoms. The van der Waals surface area contributed by atoms with Gasteiger partial charge in [0.15, 0.2) is 5.82 Å². The van der Waals surface area contributed by atoms with Gasteiger partial charge in [-0.1, -0.05) is 37.1 Å². The van der Waals surface area contributed by atoms with Gasteiger partial charge in [-0.3, -0.25) is 4.79 Å². The minimum atomic E-state index is -0.344. The van der Waals surface area contributed by atoms with Crippen molar-refractivity contribution in [3.8, 4) is 0 Å². The molecule has 1 heterocycles. The van der Waals surface area contributed by atoms with Gasteiger partial charge in [0.1, 0.15) is 5.76 Å². The van der Waals surface area contributed by atoms with Gasteiger partial charge in [-0.15, -0.1) is 0 Å². The van der Waals surface area contributed by atoms with E-state index in [-0.39, 0.29) is 11.3 Å². The zero-order valence-corrected chi connectivity index (χ0v) is 12.9. The van der Waals surface area contributed by atoms with Crippen LogP contribution in [0.2, 0.25) is 0 Å². The summed E-state index contributed by atoms with van der Waals surface area (Å²) >= 11 is 0. The quantitative estimate of drug-likeness (QED) is 0.513. The van der Waals surface area contributed by atoms with Gasteiger partial charge in [0.25, 0.3) is 5.91 Å². The molecule has 0 unspecified atom stereocenters. The van der Waals surface area contributed by atoms with Crippen LogP contribution in [0.25, 0.3) is 10.4 Å². The fourth-order valence-electron chi connectivity index (χ4n) is 1.78. The highest BCUT2D eigenvalue weighted by Gasteiger charge is 2.20. The van der Waals surface area contributed by atoms with Crippen molar-refractivity contribution < 1.29 is 9.32 Å². The summed E-state index contributed by atoms with van der Waals surface area (Å²) < 4.78 is 5.22. The fraction of sp³-hybridized carbons (Fsp3) is 0.333. The topological polar surface area (TPSA) is 104 Å². The van der Waals surface area contributed by atoms with Gasteiger partial charge < -0.3 is 9.84 Å². The molecule has 0 aliphatic heterocycles. The Balaban J connectivity index is 2.21. The molecule has 2 rings (SSSR count). The zero-order chi connectivity index (χ0) is 16.3. The molecule has 0 spiro atoms. The predicted molar refractivity (Wildman–Crippen MR) is 83.1 cm³/mol. The van der Waals surface area contributed by atoms with Gasteiger partial charge >= 0.3 is 0 Å². The van der Waals surface area contributed by atoms with Crippen LogP contribution in [0.15, 0.2) is 33.9 Å². The summed E-state index contributed by atoms with van der Waals surface area (Å²) in [6, 6.07) is 6.61. The fourth-order valence-corrected chi connectivity index (χ4v) is 1.78. The lowest BCUT2D eigenvalue weighted by atomic mass is 9.93. The molecule has 0 atom stereocenters. The van der Waals surface area contributed by atoms with Gasteiger partial charge in [0.05, 0.1) is 0 Å². The molecule has 0 aliphatic rings. The number of rotatable bonds is 3. The summed E-state index contributed by atoms with van der Waals surface area (Å²) in [6.07, 6.45) is 0. The van der Waals surface area contributed by atoms with Gasteiger partial charge in [-0.2, -0.15) is 0 Å². The first-order chi connectivity index (χ1) is 10.3. The number of aromatic nitrogens is 1. The van der Waals surface area contributed by atoms with Gasteiger partial charge in [0, 0.05) is 27.6 Å². The average Bonchev–Trinajstić information content (AvgIpc) is 2.90. The number of aryl methyl sites for hydroxylation is 1. The van der Waals surface area contributed by atoms with E-state index in [4.69, 9.17) is 10.1 Å². The smallest absolute Gasteiger partial charge is 0.256 e. The zero-order valence-electron chi connectivity index (χ0n) is 12.9. The molecule has 7 nitrogen and oxygen atoms in total. The Morgan fingerprint density at radius 2 is 2.09 bits per heavy atom. The Labute approximate surface area is 127 Å². The summed E-state index contributed by atoms with van der Waals surface area (Å²) in [6.45, 7) is 7.78. The molecule has 0 radical (unpaired) electrons. The first-order valence-electron chi connectivity index (χ1n) is 6.75. The maximum atomic E-state index is 12.2. The molecule has 1 aromatic carbocycles. The van der Waals surface area contributed by atoms with Crippen molar-refractivity contribution in [1.29, 1.82) is 0 Å². The van der Waals surface area contributed by atoms with Crippen molar-refractivity contribution in [2.24, 2.45) is 5.11 Å². The van der Waals surface area contributed by atoms with Crippen LogP contribution in [-0.2, 0) is 5.41 Å². The molecular formula is C15H17N5O2. The van der Waals surface area contributed by atoms with Gasteiger partial charge in [-0.25, -0.2) is 0 Å². The molecule has 2 aromatic rings. The summed E-state index contributed by atoms with van der Waals surface area (Å²) in [5, 5.41) is 10.1. The van der Waals surface area contributed by atoms with Crippen molar-refractivity contribution in [2.75, 3.05) is 5.32 Å². The Bertz CT molecular complexity index is 752. The highest BCUT2D eigenvalue weighted by Crippen LogP contribution is 2.25. The molecule has 0 saturated carbocycles. The van der Waals surface area contributed by atoms with E-state index in [0.717, 1.165) is 5.56 Å². The summed E-state index contributed by atoms with van der Waals surface area (Å²) in [5.41, 5.74) is 9.94.